The fourth-order valence-corrected chi connectivity index (χ4v) is 3.44. The maximum atomic E-state index is 12.5. The summed E-state index contributed by atoms with van der Waals surface area (Å²) >= 11 is 0. The molecule has 7 nitrogen and oxygen atoms in total. The van der Waals surface area contributed by atoms with Crippen LogP contribution in [0.2, 0.25) is 0 Å². The number of benzene rings is 2. The Balaban J connectivity index is 1.58. The smallest absolute Gasteiger partial charge is 0.251 e. The summed E-state index contributed by atoms with van der Waals surface area (Å²) in [4.78, 5) is 26.9. The van der Waals surface area contributed by atoms with Crippen molar-refractivity contribution in [2.45, 2.75) is 13.0 Å². The third-order valence-corrected chi connectivity index (χ3v) is 5.00. The van der Waals surface area contributed by atoms with Gasteiger partial charge in [-0.3, -0.25) is 14.5 Å². The molecule has 2 aromatic carbocycles. The number of nitrogens with zero attached hydrogens (tertiary/aromatic N) is 1. The summed E-state index contributed by atoms with van der Waals surface area (Å²) in [5.41, 5.74) is 2.28. The summed E-state index contributed by atoms with van der Waals surface area (Å²) in [5.74, 6) is -0.299. The van der Waals surface area contributed by atoms with Crippen LogP contribution < -0.4 is 16.0 Å². The number of nitrogens with one attached hydrogen (secondary N) is 3. The molecule has 7 heteroatoms. The van der Waals surface area contributed by atoms with Crippen LogP contribution in [0.3, 0.4) is 0 Å². The highest BCUT2D eigenvalue weighted by molar-refractivity contribution is 5.97. The standard InChI is InChI=1S/C23H30N4O3/c1-2-24-23(29)19-9-6-10-20(15-19)26-22(28)16-25-21(18-7-4-3-5-8-18)17-27-11-13-30-14-12-27/h3-10,15,21,25H,2,11-14,16-17H2,1H3,(H,24,29)(H,26,28). The van der Waals surface area contributed by atoms with Crippen molar-refractivity contribution in [2.24, 2.45) is 0 Å². The normalized spacial score (nSPS) is 15.4. The van der Waals surface area contributed by atoms with Gasteiger partial charge in [0.15, 0.2) is 0 Å². The van der Waals surface area contributed by atoms with Crippen molar-refractivity contribution in [1.29, 1.82) is 0 Å². The van der Waals surface area contributed by atoms with Crippen LogP contribution in [-0.2, 0) is 9.53 Å². The zero-order chi connectivity index (χ0) is 21.2. The minimum absolute atomic E-state index is 0.0386. The summed E-state index contributed by atoms with van der Waals surface area (Å²) < 4.78 is 5.44. The Labute approximate surface area is 177 Å². The first-order valence-corrected chi connectivity index (χ1v) is 10.4. The quantitative estimate of drug-likeness (QED) is 0.589. The van der Waals surface area contributed by atoms with Gasteiger partial charge < -0.3 is 20.7 Å². The van der Waals surface area contributed by atoms with Crippen LogP contribution in [0.4, 0.5) is 5.69 Å². The SMILES string of the molecule is CCNC(=O)c1cccc(NC(=O)CNC(CN2CCOCC2)c2ccccc2)c1. The van der Waals surface area contributed by atoms with E-state index in [1.807, 2.05) is 25.1 Å². The molecule has 1 unspecified atom stereocenters. The Morgan fingerprint density at radius 1 is 1.07 bits per heavy atom. The summed E-state index contributed by atoms with van der Waals surface area (Å²) in [6.07, 6.45) is 0. The predicted molar refractivity (Wildman–Crippen MR) is 118 cm³/mol. The third-order valence-electron chi connectivity index (χ3n) is 5.00. The molecule has 2 aromatic rings. The predicted octanol–water partition coefficient (Wildman–Crippen LogP) is 2.04. The highest BCUT2D eigenvalue weighted by atomic mass is 16.5. The summed E-state index contributed by atoms with van der Waals surface area (Å²) in [7, 11) is 0. The maximum absolute atomic E-state index is 12.5. The molecular weight excluding hydrogens is 380 g/mol. The fraction of sp³-hybridized carbons (Fsp3) is 0.391. The van der Waals surface area contributed by atoms with Crippen LogP contribution in [0, 0.1) is 0 Å². The lowest BCUT2D eigenvalue weighted by Crippen LogP contribution is -2.43. The molecule has 160 valence electrons. The molecule has 0 aromatic heterocycles. The topological polar surface area (TPSA) is 82.7 Å². The first kappa shape index (κ1) is 22.0. The second kappa shape index (κ2) is 11.4. The lowest BCUT2D eigenvalue weighted by molar-refractivity contribution is -0.115. The second-order valence-electron chi connectivity index (χ2n) is 7.25. The van der Waals surface area contributed by atoms with Crippen LogP contribution in [0.15, 0.2) is 54.6 Å². The van der Waals surface area contributed by atoms with E-state index in [0.29, 0.717) is 17.8 Å². The zero-order valence-corrected chi connectivity index (χ0v) is 17.4. The van der Waals surface area contributed by atoms with E-state index in [9.17, 15) is 9.59 Å². The van der Waals surface area contributed by atoms with E-state index in [1.54, 1.807) is 24.3 Å². The van der Waals surface area contributed by atoms with E-state index in [0.717, 1.165) is 38.4 Å². The molecule has 3 N–H and O–H groups in total. The zero-order valence-electron chi connectivity index (χ0n) is 17.4. The van der Waals surface area contributed by atoms with E-state index in [1.165, 1.54) is 0 Å². The van der Waals surface area contributed by atoms with Crippen molar-refractivity contribution in [2.75, 3.05) is 51.3 Å². The Bertz CT molecular complexity index is 822. The number of hydrogen-bond donors (Lipinski definition) is 3. The number of ether oxygens (including phenoxy) is 1. The van der Waals surface area contributed by atoms with Crippen molar-refractivity contribution in [1.82, 2.24) is 15.5 Å². The van der Waals surface area contributed by atoms with Crippen molar-refractivity contribution in [3.05, 3.63) is 65.7 Å². The second-order valence-corrected chi connectivity index (χ2v) is 7.25. The van der Waals surface area contributed by atoms with E-state index in [-0.39, 0.29) is 24.4 Å². The number of carbonyl (C=O) groups excluding carboxylic acids is 2. The van der Waals surface area contributed by atoms with E-state index < -0.39 is 0 Å². The van der Waals surface area contributed by atoms with Crippen molar-refractivity contribution >= 4 is 17.5 Å². The number of anilines is 1. The minimum Gasteiger partial charge on any atom is -0.379 e. The monoisotopic (exact) mass is 410 g/mol. The molecule has 0 saturated carbocycles. The molecule has 0 bridgehead atoms. The Kier molecular flexibility index (Phi) is 8.38. The van der Waals surface area contributed by atoms with E-state index in [2.05, 4.69) is 33.0 Å². The van der Waals surface area contributed by atoms with Gasteiger partial charge in [-0.05, 0) is 30.7 Å². The molecule has 3 rings (SSSR count). The molecule has 1 atom stereocenters. The number of rotatable bonds is 9. The number of carbonyl (C=O) groups is 2. The van der Waals surface area contributed by atoms with Gasteiger partial charge in [0.2, 0.25) is 5.91 Å². The number of morpholine rings is 1. The molecule has 1 fully saturated rings. The maximum Gasteiger partial charge on any atom is 0.251 e. The molecule has 0 aliphatic carbocycles. The van der Waals surface area contributed by atoms with E-state index >= 15 is 0 Å². The Morgan fingerprint density at radius 2 is 1.83 bits per heavy atom. The van der Waals surface area contributed by atoms with Crippen LogP contribution in [0.1, 0.15) is 28.9 Å². The van der Waals surface area contributed by atoms with Gasteiger partial charge in [0, 0.05) is 43.5 Å². The first-order chi connectivity index (χ1) is 14.7. The molecule has 1 aliphatic heterocycles. The van der Waals surface area contributed by atoms with Crippen LogP contribution in [-0.4, -0.2) is 62.7 Å². The average Bonchev–Trinajstić information content (AvgIpc) is 2.78. The molecule has 2 amide bonds. The van der Waals surface area contributed by atoms with Crippen molar-refractivity contribution < 1.29 is 14.3 Å². The number of amides is 2. The summed E-state index contributed by atoms with van der Waals surface area (Å²) in [6, 6.07) is 17.2. The van der Waals surface area contributed by atoms with Gasteiger partial charge >= 0.3 is 0 Å². The molecule has 0 spiro atoms. The number of hydrogen-bond acceptors (Lipinski definition) is 5. The van der Waals surface area contributed by atoms with Gasteiger partial charge in [0.05, 0.1) is 19.8 Å². The molecular formula is C23H30N4O3. The summed E-state index contributed by atoms with van der Waals surface area (Å²) in [6.45, 7) is 6.68. The van der Waals surface area contributed by atoms with Gasteiger partial charge in [-0.1, -0.05) is 36.4 Å². The highest BCUT2D eigenvalue weighted by Crippen LogP contribution is 2.15. The van der Waals surface area contributed by atoms with Gasteiger partial charge in [-0.15, -0.1) is 0 Å². The summed E-state index contributed by atoms with van der Waals surface area (Å²) in [5, 5.41) is 9.02. The fourth-order valence-electron chi connectivity index (χ4n) is 3.44. The lowest BCUT2D eigenvalue weighted by atomic mass is 10.1. The van der Waals surface area contributed by atoms with E-state index in [4.69, 9.17) is 4.74 Å². The minimum atomic E-state index is -0.152. The molecule has 1 heterocycles. The van der Waals surface area contributed by atoms with Gasteiger partial charge in [-0.2, -0.15) is 0 Å². The molecule has 1 saturated heterocycles. The van der Waals surface area contributed by atoms with Gasteiger partial charge in [0.1, 0.15) is 0 Å². The average molecular weight is 411 g/mol. The van der Waals surface area contributed by atoms with Gasteiger partial charge in [0.25, 0.3) is 5.91 Å². The Hall–Kier alpha value is -2.74. The first-order valence-electron chi connectivity index (χ1n) is 10.4. The lowest BCUT2D eigenvalue weighted by Gasteiger charge is -2.31. The van der Waals surface area contributed by atoms with Crippen molar-refractivity contribution in [3.63, 3.8) is 0 Å². The van der Waals surface area contributed by atoms with Crippen LogP contribution >= 0.6 is 0 Å². The largest absolute Gasteiger partial charge is 0.379 e. The van der Waals surface area contributed by atoms with Crippen molar-refractivity contribution in [3.8, 4) is 0 Å². The van der Waals surface area contributed by atoms with Crippen LogP contribution in [0.5, 0.6) is 0 Å². The molecule has 1 aliphatic rings. The highest BCUT2D eigenvalue weighted by Gasteiger charge is 2.19. The molecule has 30 heavy (non-hydrogen) atoms. The van der Waals surface area contributed by atoms with Crippen LogP contribution in [0.25, 0.3) is 0 Å². The van der Waals surface area contributed by atoms with Gasteiger partial charge in [-0.25, -0.2) is 0 Å². The Morgan fingerprint density at radius 3 is 2.57 bits per heavy atom. The molecule has 0 radical (unpaired) electrons. The third kappa shape index (κ3) is 6.66.